The smallest absolute Gasteiger partial charge is 0.134 e. The minimum absolute atomic E-state index is 0.0508. The first kappa shape index (κ1) is 15.0. The summed E-state index contributed by atoms with van der Waals surface area (Å²) in [5.74, 6) is 1.58. The molecule has 0 aliphatic carbocycles. The first-order valence-electron chi connectivity index (χ1n) is 7.21. The molecule has 0 saturated carbocycles. The van der Waals surface area contributed by atoms with E-state index in [1.54, 1.807) is 12.1 Å². The number of benzene rings is 2. The lowest BCUT2D eigenvalue weighted by Crippen LogP contribution is -2.19. The number of amidine groups is 1. The van der Waals surface area contributed by atoms with Crippen molar-refractivity contribution in [2.75, 3.05) is 0 Å². The Labute approximate surface area is 134 Å². The number of furan rings is 1. The zero-order valence-electron chi connectivity index (χ0n) is 12.5. The predicted molar refractivity (Wildman–Crippen MR) is 91.7 cm³/mol. The molecule has 3 aromatic rings. The van der Waals surface area contributed by atoms with E-state index in [4.69, 9.17) is 27.0 Å². The molecule has 5 nitrogen and oxygen atoms in total. The van der Waals surface area contributed by atoms with Crippen molar-refractivity contribution in [3.8, 4) is 22.6 Å². The Morgan fingerprint density at radius 3 is 1.70 bits per heavy atom. The Morgan fingerprint density at radius 2 is 1.26 bits per heavy atom. The van der Waals surface area contributed by atoms with Crippen molar-refractivity contribution in [1.29, 1.82) is 5.41 Å². The molecule has 0 spiro atoms. The number of hydrogen-bond donors (Lipinski definition) is 4. The summed E-state index contributed by atoms with van der Waals surface area (Å²) < 4.78 is 5.91. The number of nitrogens with two attached hydrogens (primary N) is 3. The fourth-order valence-corrected chi connectivity index (χ4v) is 2.33. The van der Waals surface area contributed by atoms with Gasteiger partial charge in [0.15, 0.2) is 0 Å². The standard InChI is InChI=1S/C18H18N4O/c19-17(20)13-5-1-11(2-6-13)15-9-10-16(23-15)12-3-7-14(8-4-12)18(21)22/h1-10,17H,19-20H2,(H3,21,22). The van der Waals surface area contributed by atoms with Crippen molar-refractivity contribution in [2.45, 2.75) is 6.17 Å². The van der Waals surface area contributed by atoms with Gasteiger partial charge in [-0.05, 0) is 17.7 Å². The average molecular weight is 306 g/mol. The van der Waals surface area contributed by atoms with Crippen LogP contribution >= 0.6 is 0 Å². The van der Waals surface area contributed by atoms with Gasteiger partial charge in [0.25, 0.3) is 0 Å². The molecule has 0 atom stereocenters. The third-order valence-electron chi connectivity index (χ3n) is 3.67. The molecule has 0 radical (unpaired) electrons. The normalized spacial score (nSPS) is 10.9. The van der Waals surface area contributed by atoms with Crippen molar-refractivity contribution in [3.63, 3.8) is 0 Å². The van der Waals surface area contributed by atoms with Crippen LogP contribution in [0.15, 0.2) is 65.1 Å². The number of nitrogens with one attached hydrogen (secondary N) is 1. The minimum Gasteiger partial charge on any atom is -0.456 e. The molecule has 0 aliphatic heterocycles. The molecule has 116 valence electrons. The predicted octanol–water partition coefficient (Wildman–Crippen LogP) is 2.81. The van der Waals surface area contributed by atoms with Gasteiger partial charge >= 0.3 is 0 Å². The molecule has 0 fully saturated rings. The van der Waals surface area contributed by atoms with E-state index in [1.807, 2.05) is 48.5 Å². The van der Waals surface area contributed by atoms with Gasteiger partial charge in [-0.2, -0.15) is 0 Å². The van der Waals surface area contributed by atoms with Crippen LogP contribution in [-0.2, 0) is 0 Å². The van der Waals surface area contributed by atoms with Crippen molar-refractivity contribution < 1.29 is 4.42 Å². The summed E-state index contributed by atoms with van der Waals surface area (Å²) in [7, 11) is 0. The molecular formula is C18H18N4O. The summed E-state index contributed by atoms with van der Waals surface area (Å²) in [6, 6.07) is 18.9. The molecule has 7 N–H and O–H groups in total. The zero-order valence-corrected chi connectivity index (χ0v) is 12.5. The summed E-state index contributed by atoms with van der Waals surface area (Å²) in [4.78, 5) is 0. The van der Waals surface area contributed by atoms with Crippen molar-refractivity contribution in [2.24, 2.45) is 17.2 Å². The zero-order chi connectivity index (χ0) is 16.4. The third-order valence-corrected chi connectivity index (χ3v) is 3.67. The van der Waals surface area contributed by atoms with Crippen LogP contribution in [0.2, 0.25) is 0 Å². The number of nitrogen functional groups attached to an aromatic ring is 1. The highest BCUT2D eigenvalue weighted by Crippen LogP contribution is 2.29. The maximum atomic E-state index is 7.41. The molecule has 0 saturated heterocycles. The van der Waals surface area contributed by atoms with E-state index >= 15 is 0 Å². The van der Waals surface area contributed by atoms with Crippen LogP contribution in [-0.4, -0.2) is 5.84 Å². The van der Waals surface area contributed by atoms with Crippen LogP contribution in [0.3, 0.4) is 0 Å². The van der Waals surface area contributed by atoms with Crippen molar-refractivity contribution >= 4 is 5.84 Å². The van der Waals surface area contributed by atoms with E-state index in [0.29, 0.717) is 5.56 Å². The van der Waals surface area contributed by atoms with E-state index in [0.717, 1.165) is 28.2 Å². The van der Waals surface area contributed by atoms with Crippen LogP contribution in [0.4, 0.5) is 0 Å². The monoisotopic (exact) mass is 306 g/mol. The molecule has 0 aliphatic rings. The van der Waals surface area contributed by atoms with Crippen LogP contribution < -0.4 is 17.2 Å². The van der Waals surface area contributed by atoms with Gasteiger partial charge in [0.05, 0.1) is 6.17 Å². The minimum atomic E-state index is -0.476. The van der Waals surface area contributed by atoms with E-state index < -0.39 is 6.17 Å². The van der Waals surface area contributed by atoms with E-state index in [9.17, 15) is 0 Å². The molecule has 0 amide bonds. The number of rotatable bonds is 4. The van der Waals surface area contributed by atoms with Crippen LogP contribution in [0.1, 0.15) is 17.3 Å². The summed E-state index contributed by atoms with van der Waals surface area (Å²) in [6.45, 7) is 0. The maximum Gasteiger partial charge on any atom is 0.134 e. The van der Waals surface area contributed by atoms with Gasteiger partial charge in [0, 0.05) is 16.7 Å². The fraction of sp³-hybridized carbons (Fsp3) is 0.0556. The Morgan fingerprint density at radius 1 is 0.783 bits per heavy atom. The lowest BCUT2D eigenvalue weighted by molar-refractivity contribution is 0.597. The fourth-order valence-electron chi connectivity index (χ4n) is 2.33. The molecule has 1 heterocycles. The average Bonchev–Trinajstić information content (AvgIpc) is 3.05. The van der Waals surface area contributed by atoms with Gasteiger partial charge in [-0.25, -0.2) is 0 Å². The largest absolute Gasteiger partial charge is 0.456 e. The first-order chi connectivity index (χ1) is 11.0. The highest BCUT2D eigenvalue weighted by Gasteiger charge is 2.08. The first-order valence-corrected chi connectivity index (χ1v) is 7.21. The van der Waals surface area contributed by atoms with Crippen molar-refractivity contribution in [3.05, 3.63) is 71.8 Å². The van der Waals surface area contributed by atoms with E-state index in [2.05, 4.69) is 0 Å². The van der Waals surface area contributed by atoms with E-state index in [1.165, 1.54) is 0 Å². The van der Waals surface area contributed by atoms with Crippen molar-refractivity contribution in [1.82, 2.24) is 0 Å². The summed E-state index contributed by atoms with van der Waals surface area (Å²) in [6.07, 6.45) is -0.476. The summed E-state index contributed by atoms with van der Waals surface area (Å²) in [5, 5.41) is 7.41. The maximum absolute atomic E-state index is 7.41. The Bertz CT molecular complexity index is 817. The summed E-state index contributed by atoms with van der Waals surface area (Å²) >= 11 is 0. The molecular weight excluding hydrogens is 288 g/mol. The molecule has 1 aromatic heterocycles. The SMILES string of the molecule is N=C(N)c1ccc(-c2ccc(-c3ccc(C(N)N)cc3)o2)cc1. The van der Waals surface area contributed by atoms with Gasteiger partial charge in [0.1, 0.15) is 17.4 Å². The Kier molecular flexibility index (Phi) is 3.97. The van der Waals surface area contributed by atoms with Gasteiger partial charge in [-0.15, -0.1) is 0 Å². The highest BCUT2D eigenvalue weighted by molar-refractivity contribution is 5.95. The van der Waals surface area contributed by atoms with Crippen LogP contribution in [0.5, 0.6) is 0 Å². The Hall–Kier alpha value is -2.89. The second-order valence-corrected chi connectivity index (χ2v) is 5.30. The second-order valence-electron chi connectivity index (χ2n) is 5.30. The highest BCUT2D eigenvalue weighted by atomic mass is 16.3. The lowest BCUT2D eigenvalue weighted by atomic mass is 10.1. The van der Waals surface area contributed by atoms with Crippen LogP contribution in [0, 0.1) is 5.41 Å². The Balaban J connectivity index is 1.86. The van der Waals surface area contributed by atoms with Crippen LogP contribution in [0.25, 0.3) is 22.6 Å². The molecule has 0 unspecified atom stereocenters. The molecule has 23 heavy (non-hydrogen) atoms. The number of hydrogen-bond acceptors (Lipinski definition) is 4. The lowest BCUT2D eigenvalue weighted by Gasteiger charge is -2.05. The summed E-state index contributed by atoms with van der Waals surface area (Å²) in [5.41, 5.74) is 20.2. The molecule has 5 heteroatoms. The molecule has 2 aromatic carbocycles. The molecule has 3 rings (SSSR count). The molecule has 0 bridgehead atoms. The quantitative estimate of drug-likeness (QED) is 0.337. The second kappa shape index (κ2) is 6.08. The van der Waals surface area contributed by atoms with Gasteiger partial charge in [-0.1, -0.05) is 48.5 Å². The van der Waals surface area contributed by atoms with Gasteiger partial charge in [-0.3, -0.25) is 5.41 Å². The third kappa shape index (κ3) is 3.15. The van der Waals surface area contributed by atoms with Gasteiger partial charge < -0.3 is 21.6 Å². The van der Waals surface area contributed by atoms with Gasteiger partial charge in [0.2, 0.25) is 0 Å². The topological polar surface area (TPSA) is 115 Å². The van der Waals surface area contributed by atoms with E-state index in [-0.39, 0.29) is 5.84 Å².